The van der Waals surface area contributed by atoms with Crippen LogP contribution in [0.25, 0.3) is 0 Å². The second-order valence-corrected chi connectivity index (χ2v) is 11.6. The molecule has 1 aliphatic carbocycles. The third kappa shape index (κ3) is 4.11. The van der Waals surface area contributed by atoms with Gasteiger partial charge < -0.3 is 9.47 Å². The molecular weight excluding hydrogens is 508 g/mol. The number of esters is 2. The van der Waals surface area contributed by atoms with Gasteiger partial charge in [-0.1, -0.05) is 35.4 Å². The Morgan fingerprint density at radius 2 is 0.975 bits per heavy atom. The van der Waals surface area contributed by atoms with E-state index in [4.69, 9.17) is 9.47 Å². The van der Waals surface area contributed by atoms with Crippen LogP contribution in [-0.4, -0.2) is 42.6 Å². The molecule has 0 aromatic heterocycles. The molecule has 0 bridgehead atoms. The fourth-order valence-corrected chi connectivity index (χ4v) is 6.69. The number of carbonyl (C=O) groups excluding carboxylic acids is 4. The molecule has 8 nitrogen and oxygen atoms in total. The third-order valence-electron chi connectivity index (χ3n) is 8.13. The first-order valence-corrected chi connectivity index (χ1v) is 13.9. The van der Waals surface area contributed by atoms with Crippen LogP contribution in [0.1, 0.15) is 61.1 Å². The number of ether oxygens (including phenoxy) is 2. The van der Waals surface area contributed by atoms with Crippen molar-refractivity contribution < 1.29 is 28.7 Å². The molecule has 1 heterocycles. The Labute approximate surface area is 236 Å². The van der Waals surface area contributed by atoms with Crippen molar-refractivity contribution in [1.29, 1.82) is 0 Å². The SMILES string of the molecule is CCOC(=O)[C@H]1[C@H](C(=O)OCC)C12N(c1c(C)cc(C)cc1C)C(=O)C(C)(C)C(=O)N2c1c(C)cc(C)cc1C. The molecule has 0 N–H and O–H groups in total. The Morgan fingerprint density at radius 3 is 1.25 bits per heavy atom. The highest BCUT2D eigenvalue weighted by atomic mass is 16.5. The molecule has 2 fully saturated rings. The monoisotopic (exact) mass is 548 g/mol. The minimum absolute atomic E-state index is 0.0829. The van der Waals surface area contributed by atoms with Crippen LogP contribution >= 0.6 is 0 Å². The van der Waals surface area contributed by atoms with E-state index in [1.807, 2.05) is 65.8 Å². The van der Waals surface area contributed by atoms with Crippen LogP contribution in [0, 0.1) is 58.8 Å². The number of benzene rings is 2. The van der Waals surface area contributed by atoms with Crippen molar-refractivity contribution in [2.45, 2.75) is 74.9 Å². The van der Waals surface area contributed by atoms with E-state index < -0.39 is 46.7 Å². The van der Waals surface area contributed by atoms with Gasteiger partial charge >= 0.3 is 11.9 Å². The lowest BCUT2D eigenvalue weighted by Crippen LogP contribution is -2.71. The molecule has 214 valence electrons. The number of rotatable bonds is 6. The van der Waals surface area contributed by atoms with Crippen LogP contribution < -0.4 is 9.80 Å². The lowest BCUT2D eigenvalue weighted by molar-refractivity contribution is -0.150. The van der Waals surface area contributed by atoms with E-state index in [2.05, 4.69) is 0 Å². The summed E-state index contributed by atoms with van der Waals surface area (Å²) in [6.45, 7) is 18.3. The molecule has 2 aromatic rings. The van der Waals surface area contributed by atoms with Gasteiger partial charge in [-0.15, -0.1) is 0 Å². The lowest BCUT2D eigenvalue weighted by Gasteiger charge is -2.52. The van der Waals surface area contributed by atoms with Crippen LogP contribution in [0.15, 0.2) is 24.3 Å². The van der Waals surface area contributed by atoms with E-state index >= 15 is 0 Å². The lowest BCUT2D eigenvalue weighted by atomic mass is 9.83. The van der Waals surface area contributed by atoms with E-state index in [9.17, 15) is 19.2 Å². The second kappa shape index (κ2) is 10.1. The van der Waals surface area contributed by atoms with Gasteiger partial charge in [0.1, 0.15) is 17.3 Å². The fraction of sp³-hybridized carbons (Fsp3) is 0.500. The molecular formula is C32H40N2O6. The third-order valence-corrected chi connectivity index (χ3v) is 8.13. The summed E-state index contributed by atoms with van der Waals surface area (Å²) in [6.07, 6.45) is 0. The quantitative estimate of drug-likeness (QED) is 0.372. The van der Waals surface area contributed by atoms with Gasteiger partial charge in [0, 0.05) is 0 Å². The van der Waals surface area contributed by atoms with E-state index in [1.165, 1.54) is 0 Å². The highest BCUT2D eigenvalue weighted by Crippen LogP contribution is 2.64. The van der Waals surface area contributed by atoms with Crippen LogP contribution in [0.4, 0.5) is 11.4 Å². The van der Waals surface area contributed by atoms with Crippen LogP contribution in [0.3, 0.4) is 0 Å². The number of amides is 2. The number of aryl methyl sites for hydroxylation is 6. The first-order chi connectivity index (χ1) is 18.7. The Morgan fingerprint density at radius 1 is 0.675 bits per heavy atom. The average Bonchev–Trinajstić information content (AvgIpc) is 3.52. The van der Waals surface area contributed by atoms with Crippen molar-refractivity contribution >= 4 is 35.1 Å². The van der Waals surface area contributed by atoms with E-state index in [1.54, 1.807) is 37.5 Å². The Kier molecular flexibility index (Phi) is 7.37. The largest absolute Gasteiger partial charge is 0.466 e. The number of anilines is 2. The van der Waals surface area contributed by atoms with Gasteiger partial charge in [0.15, 0.2) is 5.66 Å². The molecule has 0 unspecified atom stereocenters. The number of carbonyl (C=O) groups is 4. The number of hydrogen-bond donors (Lipinski definition) is 0. The normalized spacial score (nSPS) is 21.1. The number of hydrogen-bond acceptors (Lipinski definition) is 6. The van der Waals surface area contributed by atoms with Crippen LogP contribution in [0.2, 0.25) is 0 Å². The van der Waals surface area contributed by atoms with Gasteiger partial charge in [0.25, 0.3) is 0 Å². The molecule has 1 saturated carbocycles. The van der Waals surface area contributed by atoms with Gasteiger partial charge in [-0.2, -0.15) is 0 Å². The van der Waals surface area contributed by atoms with Crippen molar-refractivity contribution in [3.8, 4) is 0 Å². The van der Waals surface area contributed by atoms with Gasteiger partial charge in [-0.3, -0.25) is 29.0 Å². The zero-order valence-corrected chi connectivity index (χ0v) is 25.2. The van der Waals surface area contributed by atoms with Crippen LogP contribution in [0.5, 0.6) is 0 Å². The average molecular weight is 549 g/mol. The summed E-state index contributed by atoms with van der Waals surface area (Å²) in [7, 11) is 0. The highest BCUT2D eigenvalue weighted by Gasteiger charge is 2.84. The molecule has 8 heteroatoms. The summed E-state index contributed by atoms with van der Waals surface area (Å²) < 4.78 is 11.0. The predicted octanol–water partition coefficient (Wildman–Crippen LogP) is 5.01. The topological polar surface area (TPSA) is 93.2 Å². The Bertz CT molecular complexity index is 1270. The van der Waals surface area contributed by atoms with Crippen molar-refractivity contribution in [3.05, 3.63) is 57.6 Å². The van der Waals surface area contributed by atoms with E-state index in [-0.39, 0.29) is 13.2 Å². The predicted molar refractivity (Wildman–Crippen MR) is 153 cm³/mol. The summed E-state index contributed by atoms with van der Waals surface area (Å²) in [6, 6.07) is 7.84. The van der Waals surface area contributed by atoms with Crippen molar-refractivity contribution in [1.82, 2.24) is 0 Å². The molecule has 2 aliphatic rings. The molecule has 2 atom stereocenters. The van der Waals surface area contributed by atoms with Crippen molar-refractivity contribution in [3.63, 3.8) is 0 Å². The summed E-state index contributed by atoms with van der Waals surface area (Å²) >= 11 is 0. The molecule has 1 spiro atoms. The molecule has 1 aliphatic heterocycles. The molecule has 2 amide bonds. The molecule has 4 rings (SSSR count). The minimum atomic E-state index is -1.68. The standard InChI is InChI=1S/C32H40N2O6/c1-11-39-27(35)23-24(28(36)40-12-2)32(23)33(25-19(5)13-17(3)14-20(25)6)29(37)31(9,10)30(38)34(32)26-21(7)15-18(4)16-22(26)8/h13-16,23-24H,11-12H2,1-10H3/t23-,24-/m1/s1. The smallest absolute Gasteiger partial charge is 0.314 e. The van der Waals surface area contributed by atoms with Gasteiger partial charge in [0.2, 0.25) is 11.8 Å². The maximum Gasteiger partial charge on any atom is 0.314 e. The Hall–Kier alpha value is -3.68. The summed E-state index contributed by atoms with van der Waals surface area (Å²) in [5.41, 5.74) is 3.18. The van der Waals surface area contributed by atoms with E-state index in [0.29, 0.717) is 11.4 Å². The molecule has 1 saturated heterocycles. The maximum absolute atomic E-state index is 14.5. The van der Waals surface area contributed by atoms with Gasteiger partial charge in [-0.05, 0) is 91.5 Å². The minimum Gasteiger partial charge on any atom is -0.466 e. The van der Waals surface area contributed by atoms with E-state index in [0.717, 1.165) is 33.4 Å². The first-order valence-electron chi connectivity index (χ1n) is 13.9. The second-order valence-electron chi connectivity index (χ2n) is 11.6. The van der Waals surface area contributed by atoms with Crippen LogP contribution in [-0.2, 0) is 28.7 Å². The molecule has 0 radical (unpaired) electrons. The summed E-state index contributed by atoms with van der Waals surface area (Å²) in [5.74, 6) is -4.55. The zero-order valence-electron chi connectivity index (χ0n) is 25.2. The van der Waals surface area contributed by atoms with Gasteiger partial charge in [-0.25, -0.2) is 0 Å². The fourth-order valence-electron chi connectivity index (χ4n) is 6.69. The number of nitrogens with zero attached hydrogens (tertiary/aromatic N) is 2. The Balaban J connectivity index is 2.17. The van der Waals surface area contributed by atoms with Crippen molar-refractivity contribution in [2.24, 2.45) is 17.3 Å². The summed E-state index contributed by atoms with van der Waals surface area (Å²) in [5, 5.41) is 0. The van der Waals surface area contributed by atoms with Crippen molar-refractivity contribution in [2.75, 3.05) is 23.0 Å². The maximum atomic E-state index is 14.5. The molecule has 2 aromatic carbocycles. The highest BCUT2D eigenvalue weighted by molar-refractivity contribution is 6.24. The zero-order chi connectivity index (χ0) is 29.9. The first kappa shape index (κ1) is 29.3. The van der Waals surface area contributed by atoms with Gasteiger partial charge in [0.05, 0.1) is 24.6 Å². The summed E-state index contributed by atoms with van der Waals surface area (Å²) in [4.78, 5) is 59.5. The molecule has 40 heavy (non-hydrogen) atoms.